The van der Waals surface area contributed by atoms with Gasteiger partial charge in [-0.15, -0.1) is 0 Å². The molecule has 0 aromatic heterocycles. The van der Waals surface area contributed by atoms with Crippen molar-refractivity contribution in [3.63, 3.8) is 0 Å². The fourth-order valence-electron chi connectivity index (χ4n) is 8.46. The molecule has 2 aliphatic heterocycles. The van der Waals surface area contributed by atoms with Crippen LogP contribution in [-0.4, -0.2) is 69.3 Å². The number of nitriles is 1. The van der Waals surface area contributed by atoms with Gasteiger partial charge in [0, 0.05) is 36.7 Å². The van der Waals surface area contributed by atoms with E-state index in [9.17, 15) is 20.3 Å². The Labute approximate surface area is 252 Å². The van der Waals surface area contributed by atoms with Crippen LogP contribution in [-0.2, 0) is 23.1 Å². The summed E-state index contributed by atoms with van der Waals surface area (Å²) in [5.41, 5.74) is 2.74. The fraction of sp³-hybridized carbons (Fsp3) is 0.389. The Hall–Kier alpha value is -4.30. The number of carbonyl (C=O) groups is 1. The van der Waals surface area contributed by atoms with Crippen LogP contribution >= 0.6 is 0 Å². The van der Waals surface area contributed by atoms with Crippen LogP contribution in [0.4, 0.5) is 0 Å². The number of benzene rings is 3. The molecule has 7 heteroatoms. The number of nitrogens with zero attached hydrogens (tertiary/aromatic N) is 3. The number of aryl methyl sites for hydroxylation is 1. The van der Waals surface area contributed by atoms with Gasteiger partial charge in [-0.05, 0) is 73.9 Å². The summed E-state index contributed by atoms with van der Waals surface area (Å²) in [6.07, 6.45) is 2.02. The Balaban J connectivity index is 1.27. The van der Waals surface area contributed by atoms with E-state index in [1.165, 1.54) is 5.56 Å². The lowest BCUT2D eigenvalue weighted by Gasteiger charge is -2.65. The minimum atomic E-state index is -1.19. The van der Waals surface area contributed by atoms with Gasteiger partial charge in [-0.25, -0.2) is 0 Å². The molecule has 0 radical (unpaired) electrons. The molecule has 4 aliphatic rings. The molecule has 1 saturated carbocycles. The Morgan fingerprint density at radius 3 is 2.74 bits per heavy atom. The number of phenolic OH excluding ortho intramolecular Hbond substituents is 1. The molecule has 43 heavy (non-hydrogen) atoms. The Kier molecular flexibility index (Phi) is 6.50. The first kappa shape index (κ1) is 27.5. The maximum Gasteiger partial charge on any atom is 0.298 e. The van der Waals surface area contributed by atoms with E-state index in [2.05, 4.69) is 34.9 Å². The number of hydrogen-bond acceptors (Lipinski definition) is 6. The molecule has 6 atom stereocenters. The van der Waals surface area contributed by atoms with Gasteiger partial charge in [0.25, 0.3) is 5.91 Å². The molecule has 218 valence electrons. The van der Waals surface area contributed by atoms with Crippen LogP contribution < -0.4 is 4.74 Å². The summed E-state index contributed by atoms with van der Waals surface area (Å²) in [5.74, 6) is 5.87. The molecule has 1 saturated heterocycles. The molecule has 3 aromatic carbocycles. The lowest BCUT2D eigenvalue weighted by atomic mass is 9.47. The molecule has 3 aromatic rings. The largest absolute Gasteiger partial charge is 0.504 e. The molecule has 1 spiro atoms. The van der Waals surface area contributed by atoms with Crippen LogP contribution in [0, 0.1) is 30.1 Å². The Morgan fingerprint density at radius 2 is 1.98 bits per heavy atom. The van der Waals surface area contributed by atoms with E-state index >= 15 is 0 Å². The predicted molar refractivity (Wildman–Crippen MR) is 161 cm³/mol. The number of hydrogen-bond donors (Lipinski definition) is 2. The van der Waals surface area contributed by atoms with Crippen LogP contribution in [0.1, 0.15) is 47.1 Å². The number of likely N-dealkylation sites (tertiary alicyclic amines) is 1. The zero-order valence-electron chi connectivity index (χ0n) is 24.5. The van der Waals surface area contributed by atoms with E-state index in [4.69, 9.17) is 4.74 Å². The average Bonchev–Trinajstić information content (AvgIpc) is 3.36. The van der Waals surface area contributed by atoms with Gasteiger partial charge < -0.3 is 19.8 Å². The smallest absolute Gasteiger partial charge is 0.298 e. The maximum absolute atomic E-state index is 13.5. The average molecular weight is 574 g/mol. The van der Waals surface area contributed by atoms with Gasteiger partial charge in [0.2, 0.25) is 0 Å². The molecule has 2 N–H and O–H groups in total. The number of rotatable bonds is 4. The first-order valence-corrected chi connectivity index (χ1v) is 15.1. The second kappa shape index (κ2) is 10.2. The highest BCUT2D eigenvalue weighted by Crippen LogP contribution is 2.66. The van der Waals surface area contributed by atoms with Gasteiger partial charge in [0.05, 0.1) is 29.2 Å². The number of aromatic hydroxyl groups is 1. The summed E-state index contributed by atoms with van der Waals surface area (Å²) < 4.78 is 6.61. The van der Waals surface area contributed by atoms with Gasteiger partial charge in [-0.2, -0.15) is 5.26 Å². The van der Waals surface area contributed by atoms with E-state index in [0.717, 1.165) is 28.7 Å². The molecule has 2 heterocycles. The standard InChI is InChI=1S/C36H35N3O4/c1-23-7-6-10-25(19-23)11-14-31(41)38(2)28-15-17-36(42)30-20-26-12-13-29(40)33-32(26)35(36,34(28)43-33)21-27(22-37)39(30)18-16-24-8-4-3-5-9-24/h3-10,12-13,19,27-28,30,34,40,42H,15-18,20-21H2,1-2H3/t27?,28-,30+,34-,35-,36+/m0/s1. The predicted octanol–water partition coefficient (Wildman–Crippen LogP) is 3.87. The SMILES string of the molecule is Cc1cccc(C#CC(=O)N(C)[C@H]2CC[C@@]3(O)[C@H]4Cc5ccc(O)c6c5[C@@]3(CC(C#N)N4CCc3ccccc3)[C@H]2O6)c1. The highest BCUT2D eigenvalue weighted by atomic mass is 16.5. The summed E-state index contributed by atoms with van der Waals surface area (Å²) in [6.45, 7) is 2.63. The quantitative estimate of drug-likeness (QED) is 0.460. The van der Waals surface area contributed by atoms with Crippen molar-refractivity contribution in [2.75, 3.05) is 13.6 Å². The zero-order chi connectivity index (χ0) is 29.9. The summed E-state index contributed by atoms with van der Waals surface area (Å²) in [5, 5.41) is 34.3. The minimum Gasteiger partial charge on any atom is -0.504 e. The van der Waals surface area contributed by atoms with E-state index in [0.29, 0.717) is 38.0 Å². The second-order valence-corrected chi connectivity index (χ2v) is 12.6. The molecular weight excluding hydrogens is 538 g/mol. The van der Waals surface area contributed by atoms with Crippen molar-refractivity contribution in [2.45, 2.75) is 74.3 Å². The van der Waals surface area contributed by atoms with E-state index in [1.807, 2.05) is 55.5 Å². The topological polar surface area (TPSA) is 97.0 Å². The number of ether oxygens (including phenoxy) is 1. The van der Waals surface area contributed by atoms with Crippen molar-refractivity contribution in [3.8, 4) is 29.4 Å². The molecular formula is C36H35N3O4. The fourth-order valence-corrected chi connectivity index (χ4v) is 8.46. The third-order valence-corrected chi connectivity index (χ3v) is 10.4. The normalized spacial score (nSPS) is 29.8. The molecule has 7 nitrogen and oxygen atoms in total. The van der Waals surface area contributed by atoms with Crippen LogP contribution in [0.5, 0.6) is 11.5 Å². The first-order chi connectivity index (χ1) is 20.8. The number of likely N-dealkylation sites (N-methyl/N-ethyl adjacent to an activating group) is 1. The van der Waals surface area contributed by atoms with E-state index in [-0.39, 0.29) is 17.7 Å². The van der Waals surface area contributed by atoms with Crippen molar-refractivity contribution < 1.29 is 19.7 Å². The highest BCUT2D eigenvalue weighted by molar-refractivity contribution is 5.94. The molecule has 2 bridgehead atoms. The van der Waals surface area contributed by atoms with Crippen LogP contribution in [0.2, 0.25) is 0 Å². The number of carbonyl (C=O) groups excluding carboxylic acids is 1. The van der Waals surface area contributed by atoms with Gasteiger partial charge in [-0.1, -0.05) is 54.5 Å². The van der Waals surface area contributed by atoms with Crippen LogP contribution in [0.15, 0.2) is 66.7 Å². The van der Waals surface area contributed by atoms with E-state index in [1.54, 1.807) is 18.0 Å². The third kappa shape index (κ3) is 4.07. The Morgan fingerprint density at radius 1 is 1.16 bits per heavy atom. The second-order valence-electron chi connectivity index (χ2n) is 12.6. The molecule has 1 amide bonds. The molecule has 2 fully saturated rings. The lowest BCUT2D eigenvalue weighted by molar-refractivity contribution is -0.206. The zero-order valence-corrected chi connectivity index (χ0v) is 24.5. The lowest BCUT2D eigenvalue weighted by Crippen LogP contribution is -2.79. The minimum absolute atomic E-state index is 0.0234. The molecule has 1 unspecified atom stereocenters. The van der Waals surface area contributed by atoms with Gasteiger partial charge in [0.1, 0.15) is 6.10 Å². The highest BCUT2D eigenvalue weighted by Gasteiger charge is 2.74. The molecule has 2 aliphatic carbocycles. The summed E-state index contributed by atoms with van der Waals surface area (Å²) >= 11 is 0. The Bertz CT molecular complexity index is 1700. The van der Waals surface area contributed by atoms with Gasteiger partial charge >= 0.3 is 0 Å². The molecule has 7 rings (SSSR count). The van der Waals surface area contributed by atoms with Crippen molar-refractivity contribution in [2.24, 2.45) is 0 Å². The van der Waals surface area contributed by atoms with Crippen LogP contribution in [0.25, 0.3) is 0 Å². The van der Waals surface area contributed by atoms with Crippen LogP contribution in [0.3, 0.4) is 0 Å². The summed E-state index contributed by atoms with van der Waals surface area (Å²) in [4.78, 5) is 17.3. The number of amides is 1. The van der Waals surface area contributed by atoms with Gasteiger partial charge in [-0.3, -0.25) is 9.69 Å². The summed E-state index contributed by atoms with van der Waals surface area (Å²) in [6, 6.07) is 22.9. The first-order valence-electron chi connectivity index (χ1n) is 15.1. The maximum atomic E-state index is 13.5. The van der Waals surface area contributed by atoms with Crippen molar-refractivity contribution in [1.29, 1.82) is 5.26 Å². The van der Waals surface area contributed by atoms with Crippen molar-refractivity contribution in [1.82, 2.24) is 9.80 Å². The number of aliphatic hydroxyl groups is 1. The number of phenols is 1. The summed E-state index contributed by atoms with van der Waals surface area (Å²) in [7, 11) is 1.74. The van der Waals surface area contributed by atoms with Crippen molar-refractivity contribution >= 4 is 5.91 Å². The monoisotopic (exact) mass is 573 g/mol. The van der Waals surface area contributed by atoms with E-state index < -0.39 is 29.2 Å². The third-order valence-electron chi connectivity index (χ3n) is 10.4. The van der Waals surface area contributed by atoms with Gasteiger partial charge in [0.15, 0.2) is 11.5 Å². The number of piperidine rings is 1. The van der Waals surface area contributed by atoms with Crippen molar-refractivity contribution in [3.05, 3.63) is 94.5 Å².